The summed E-state index contributed by atoms with van der Waals surface area (Å²) < 4.78 is 35.1. The number of para-hydroxylation sites is 1. The summed E-state index contributed by atoms with van der Waals surface area (Å²) in [6.45, 7) is -2.90. The number of nitrogens with one attached hydrogen (secondary N) is 1. The van der Waals surface area contributed by atoms with Crippen LogP contribution in [0.15, 0.2) is 47.6 Å². The van der Waals surface area contributed by atoms with Crippen molar-refractivity contribution in [3.05, 3.63) is 48.0 Å². The van der Waals surface area contributed by atoms with Gasteiger partial charge in [-0.1, -0.05) is 23.5 Å². The van der Waals surface area contributed by atoms with Gasteiger partial charge in [0.2, 0.25) is 5.13 Å². The molecule has 8 heteroatoms. The maximum absolute atomic E-state index is 12.3. The molecule has 0 fully saturated rings. The highest BCUT2D eigenvalue weighted by molar-refractivity contribution is 7.22. The first-order valence-corrected chi connectivity index (χ1v) is 7.75. The Bertz CT molecular complexity index is 834. The molecule has 0 bridgehead atoms. The predicted molar refractivity (Wildman–Crippen MR) is 90.5 cm³/mol. The van der Waals surface area contributed by atoms with Gasteiger partial charge in [0, 0.05) is 0 Å². The van der Waals surface area contributed by atoms with Crippen LogP contribution in [-0.4, -0.2) is 24.9 Å². The molecule has 0 saturated carbocycles. The Hall–Kier alpha value is -2.74. The average molecular weight is 349 g/mol. The number of methoxy groups -OCH3 is 1. The maximum Gasteiger partial charge on any atom is 0.387 e. The van der Waals surface area contributed by atoms with Gasteiger partial charge in [-0.25, -0.2) is 4.98 Å². The third kappa shape index (κ3) is 3.77. The highest BCUT2D eigenvalue weighted by atomic mass is 32.1. The van der Waals surface area contributed by atoms with Crippen molar-refractivity contribution in [2.24, 2.45) is 5.10 Å². The number of alkyl halides is 2. The topological polar surface area (TPSA) is 55.7 Å². The summed E-state index contributed by atoms with van der Waals surface area (Å²) in [6.07, 6.45) is 1.54. The summed E-state index contributed by atoms with van der Waals surface area (Å²) in [5.41, 5.74) is 4.42. The lowest BCUT2D eigenvalue weighted by atomic mass is 10.2. The third-order valence-corrected chi connectivity index (χ3v) is 4.01. The van der Waals surface area contributed by atoms with Gasteiger partial charge >= 0.3 is 6.61 Å². The van der Waals surface area contributed by atoms with E-state index in [1.54, 1.807) is 18.3 Å². The van der Waals surface area contributed by atoms with Crippen molar-refractivity contribution in [1.82, 2.24) is 4.98 Å². The van der Waals surface area contributed by atoms with Gasteiger partial charge in [0.25, 0.3) is 0 Å². The van der Waals surface area contributed by atoms with E-state index >= 15 is 0 Å². The minimum Gasteiger partial charge on any atom is -0.493 e. The molecule has 1 aromatic heterocycles. The van der Waals surface area contributed by atoms with Gasteiger partial charge < -0.3 is 9.47 Å². The number of hydrogen-bond acceptors (Lipinski definition) is 6. The number of hydrogen-bond donors (Lipinski definition) is 1. The summed E-state index contributed by atoms with van der Waals surface area (Å²) in [5.74, 6) is 0.183. The van der Waals surface area contributed by atoms with Crippen LogP contribution in [0.5, 0.6) is 11.5 Å². The number of rotatable bonds is 6. The lowest BCUT2D eigenvalue weighted by Gasteiger charge is -2.09. The minimum absolute atomic E-state index is 0.0243. The molecule has 0 aliphatic rings. The van der Waals surface area contributed by atoms with Crippen LogP contribution in [-0.2, 0) is 0 Å². The van der Waals surface area contributed by atoms with Crippen LogP contribution < -0.4 is 14.9 Å². The quantitative estimate of drug-likeness (QED) is 0.531. The number of anilines is 1. The van der Waals surface area contributed by atoms with Crippen molar-refractivity contribution in [3.63, 3.8) is 0 Å². The molecule has 3 aromatic rings. The van der Waals surface area contributed by atoms with Crippen LogP contribution in [0.1, 0.15) is 5.56 Å². The Balaban J connectivity index is 1.71. The van der Waals surface area contributed by atoms with E-state index in [-0.39, 0.29) is 11.5 Å². The number of ether oxygens (including phenoxy) is 2. The fourth-order valence-electron chi connectivity index (χ4n) is 2.04. The maximum atomic E-state index is 12.3. The van der Waals surface area contributed by atoms with Crippen molar-refractivity contribution < 1.29 is 18.3 Å². The van der Waals surface area contributed by atoms with E-state index in [0.29, 0.717) is 10.7 Å². The summed E-state index contributed by atoms with van der Waals surface area (Å²) in [4.78, 5) is 4.39. The van der Waals surface area contributed by atoms with E-state index in [2.05, 4.69) is 20.2 Å². The van der Waals surface area contributed by atoms with Gasteiger partial charge in [-0.15, -0.1) is 0 Å². The first kappa shape index (κ1) is 16.1. The van der Waals surface area contributed by atoms with E-state index in [9.17, 15) is 8.78 Å². The van der Waals surface area contributed by atoms with Crippen LogP contribution in [0.4, 0.5) is 13.9 Å². The Morgan fingerprint density at radius 1 is 1.21 bits per heavy atom. The summed E-state index contributed by atoms with van der Waals surface area (Å²) >= 11 is 1.49. The van der Waals surface area contributed by atoms with Crippen LogP contribution in [0.3, 0.4) is 0 Å². The Morgan fingerprint density at radius 2 is 2.04 bits per heavy atom. The van der Waals surface area contributed by atoms with Gasteiger partial charge in [-0.2, -0.15) is 13.9 Å². The molecule has 0 spiro atoms. The monoisotopic (exact) mass is 349 g/mol. The first-order valence-electron chi connectivity index (χ1n) is 6.93. The SMILES string of the molecule is COc1cc(/C=N\Nc2nc3ccccc3s2)ccc1OC(F)F. The van der Waals surface area contributed by atoms with E-state index in [1.807, 2.05) is 24.3 Å². The first-order chi connectivity index (χ1) is 11.7. The Morgan fingerprint density at radius 3 is 2.79 bits per heavy atom. The van der Waals surface area contributed by atoms with Crippen molar-refractivity contribution in [3.8, 4) is 11.5 Å². The van der Waals surface area contributed by atoms with E-state index < -0.39 is 6.61 Å². The molecule has 0 saturated heterocycles. The van der Waals surface area contributed by atoms with Crippen molar-refractivity contribution in [2.75, 3.05) is 12.5 Å². The molecule has 24 heavy (non-hydrogen) atoms. The summed E-state index contributed by atoms with van der Waals surface area (Å²) in [5, 5.41) is 4.77. The lowest BCUT2D eigenvalue weighted by Crippen LogP contribution is -2.03. The molecule has 0 atom stereocenters. The number of nitrogens with zero attached hydrogens (tertiary/aromatic N) is 2. The second-order valence-electron chi connectivity index (χ2n) is 4.65. The zero-order valence-corrected chi connectivity index (χ0v) is 13.4. The number of hydrazone groups is 1. The minimum atomic E-state index is -2.90. The number of aromatic nitrogens is 1. The van der Waals surface area contributed by atoms with Gasteiger partial charge in [0.05, 0.1) is 23.5 Å². The Labute approximate surface area is 140 Å². The van der Waals surface area contributed by atoms with Crippen LogP contribution in [0, 0.1) is 0 Å². The molecule has 0 aliphatic heterocycles. The van der Waals surface area contributed by atoms with Crippen molar-refractivity contribution in [2.45, 2.75) is 6.61 Å². The molecular weight excluding hydrogens is 336 g/mol. The van der Waals surface area contributed by atoms with E-state index in [1.165, 1.54) is 24.5 Å². The molecule has 2 aromatic carbocycles. The third-order valence-electron chi connectivity index (χ3n) is 3.07. The number of benzene rings is 2. The zero-order chi connectivity index (χ0) is 16.9. The normalized spacial score (nSPS) is 11.3. The molecule has 1 N–H and O–H groups in total. The number of thiazole rings is 1. The Kier molecular flexibility index (Phi) is 4.85. The second kappa shape index (κ2) is 7.22. The zero-order valence-electron chi connectivity index (χ0n) is 12.6. The lowest BCUT2D eigenvalue weighted by molar-refractivity contribution is -0.0512. The smallest absolute Gasteiger partial charge is 0.387 e. The number of halogens is 2. The highest BCUT2D eigenvalue weighted by Crippen LogP contribution is 2.29. The molecule has 0 aliphatic carbocycles. The molecule has 124 valence electrons. The molecule has 5 nitrogen and oxygen atoms in total. The molecule has 1 heterocycles. The summed E-state index contributed by atoms with van der Waals surface area (Å²) in [7, 11) is 1.38. The standard InChI is InChI=1S/C16H13F2N3O2S/c1-22-13-8-10(6-7-12(13)23-15(17)18)9-19-21-16-20-11-4-2-3-5-14(11)24-16/h2-9,15H,1H3,(H,20,21)/b19-9-. The van der Waals surface area contributed by atoms with Crippen LogP contribution in [0.2, 0.25) is 0 Å². The molecule has 0 amide bonds. The largest absolute Gasteiger partial charge is 0.493 e. The van der Waals surface area contributed by atoms with Gasteiger partial charge in [-0.05, 0) is 35.9 Å². The highest BCUT2D eigenvalue weighted by Gasteiger charge is 2.10. The van der Waals surface area contributed by atoms with E-state index in [4.69, 9.17) is 4.74 Å². The van der Waals surface area contributed by atoms with Gasteiger partial charge in [0.1, 0.15) is 0 Å². The molecular formula is C16H13F2N3O2S. The number of fused-ring (bicyclic) bond motifs is 1. The molecule has 0 unspecified atom stereocenters. The average Bonchev–Trinajstić information content (AvgIpc) is 2.98. The fraction of sp³-hybridized carbons (Fsp3) is 0.125. The van der Waals surface area contributed by atoms with Crippen molar-refractivity contribution >= 4 is 32.9 Å². The van der Waals surface area contributed by atoms with Crippen LogP contribution >= 0.6 is 11.3 Å². The fourth-order valence-corrected chi connectivity index (χ4v) is 2.86. The van der Waals surface area contributed by atoms with Crippen LogP contribution in [0.25, 0.3) is 10.2 Å². The molecule has 3 rings (SSSR count). The second-order valence-corrected chi connectivity index (χ2v) is 5.68. The van der Waals surface area contributed by atoms with E-state index in [0.717, 1.165) is 10.2 Å². The van der Waals surface area contributed by atoms with Crippen molar-refractivity contribution in [1.29, 1.82) is 0 Å². The summed E-state index contributed by atoms with van der Waals surface area (Å²) in [6, 6.07) is 12.3. The van der Waals surface area contributed by atoms with Gasteiger partial charge in [0.15, 0.2) is 11.5 Å². The molecule has 0 radical (unpaired) electrons. The van der Waals surface area contributed by atoms with Gasteiger partial charge in [-0.3, -0.25) is 5.43 Å². The predicted octanol–water partition coefficient (Wildman–Crippen LogP) is 4.35.